The van der Waals surface area contributed by atoms with Crippen LogP contribution in [0.3, 0.4) is 0 Å². The van der Waals surface area contributed by atoms with Crippen LogP contribution in [0.4, 0.5) is 4.79 Å². The Morgan fingerprint density at radius 3 is 2.25 bits per heavy atom. The molecule has 0 atom stereocenters. The molecule has 0 bridgehead atoms. The van der Waals surface area contributed by atoms with E-state index in [-0.39, 0.29) is 11.9 Å². The highest BCUT2D eigenvalue weighted by atomic mass is 79.9. The Morgan fingerprint density at radius 2 is 1.57 bits per heavy atom. The topological polar surface area (TPSA) is 88.7 Å². The van der Waals surface area contributed by atoms with Gasteiger partial charge in [0.25, 0.3) is 5.91 Å². The zero-order chi connectivity index (χ0) is 20.4. The van der Waals surface area contributed by atoms with Crippen LogP contribution < -0.4 is 25.4 Å². The van der Waals surface area contributed by atoms with E-state index in [0.717, 1.165) is 21.5 Å². The van der Waals surface area contributed by atoms with E-state index >= 15 is 0 Å². The molecule has 0 aliphatic heterocycles. The van der Waals surface area contributed by atoms with Crippen LogP contribution in [0.1, 0.15) is 15.9 Å². The summed E-state index contributed by atoms with van der Waals surface area (Å²) in [6, 6.07) is 12.4. The van der Waals surface area contributed by atoms with E-state index < -0.39 is 0 Å². The molecule has 0 aromatic heterocycles. The Balaban J connectivity index is 1.65. The van der Waals surface area contributed by atoms with Gasteiger partial charge < -0.3 is 25.4 Å². The first-order valence-electron chi connectivity index (χ1n) is 8.80. The number of hydrogen-bond donors (Lipinski definition) is 3. The zero-order valence-electron chi connectivity index (χ0n) is 15.9. The largest absolute Gasteiger partial charge is 0.497 e. The van der Waals surface area contributed by atoms with Crippen molar-refractivity contribution in [1.82, 2.24) is 16.0 Å². The van der Waals surface area contributed by atoms with Gasteiger partial charge >= 0.3 is 6.03 Å². The summed E-state index contributed by atoms with van der Waals surface area (Å²) in [5, 5.41) is 8.25. The lowest BCUT2D eigenvalue weighted by Gasteiger charge is -2.12. The fraction of sp³-hybridized carbons (Fsp3) is 0.300. The van der Waals surface area contributed by atoms with Crippen LogP contribution in [0.5, 0.6) is 11.5 Å². The number of halogens is 1. The molecule has 8 heteroatoms. The normalized spacial score (nSPS) is 10.1. The second-order valence-electron chi connectivity index (χ2n) is 5.87. The lowest BCUT2D eigenvalue weighted by molar-refractivity contribution is 0.0954. The average Bonchev–Trinajstić information content (AvgIpc) is 2.71. The molecule has 0 fully saturated rings. The molecule has 2 aromatic rings. The summed E-state index contributed by atoms with van der Waals surface area (Å²) in [6.45, 7) is 1.13. The number of carbonyl (C=O) groups excluding carboxylic acids is 2. The number of urea groups is 1. The molecule has 3 amide bonds. The number of rotatable bonds is 9. The van der Waals surface area contributed by atoms with Crippen molar-refractivity contribution in [2.24, 2.45) is 0 Å². The van der Waals surface area contributed by atoms with Crippen molar-refractivity contribution in [2.45, 2.75) is 6.42 Å². The van der Waals surface area contributed by atoms with Gasteiger partial charge in [0.15, 0.2) is 0 Å². The number of carbonyl (C=O) groups is 2. The summed E-state index contributed by atoms with van der Waals surface area (Å²) in [6.07, 6.45) is 0.626. The summed E-state index contributed by atoms with van der Waals surface area (Å²) < 4.78 is 11.4. The highest BCUT2D eigenvalue weighted by Gasteiger charge is 2.07. The minimum absolute atomic E-state index is 0.179. The Kier molecular flexibility index (Phi) is 8.61. The van der Waals surface area contributed by atoms with Gasteiger partial charge in [0, 0.05) is 35.7 Å². The molecule has 2 rings (SSSR count). The molecule has 7 nitrogen and oxygen atoms in total. The fourth-order valence-electron chi connectivity index (χ4n) is 2.49. The van der Waals surface area contributed by atoms with E-state index in [1.807, 2.05) is 18.2 Å². The van der Waals surface area contributed by atoms with Crippen molar-refractivity contribution in [3.63, 3.8) is 0 Å². The van der Waals surface area contributed by atoms with Gasteiger partial charge in [-0.1, -0.05) is 22.0 Å². The van der Waals surface area contributed by atoms with Crippen LogP contribution in [0.25, 0.3) is 0 Å². The summed E-state index contributed by atoms with van der Waals surface area (Å²) in [4.78, 5) is 23.8. The van der Waals surface area contributed by atoms with Gasteiger partial charge in [0.2, 0.25) is 0 Å². The number of hydrogen-bond acceptors (Lipinski definition) is 4. The maximum Gasteiger partial charge on any atom is 0.314 e. The van der Waals surface area contributed by atoms with Crippen molar-refractivity contribution in [2.75, 3.05) is 33.9 Å². The number of amides is 3. The Morgan fingerprint density at radius 1 is 0.893 bits per heavy atom. The Hall–Kier alpha value is -2.74. The van der Waals surface area contributed by atoms with Gasteiger partial charge in [-0.05, 0) is 42.3 Å². The third-order valence-electron chi connectivity index (χ3n) is 3.98. The standard InChI is InChI=1S/C20H24BrN3O4/c1-27-17-8-5-14(18(13-17)28-2)9-10-23-20(26)24-12-11-22-19(25)15-3-6-16(21)7-4-15/h3-8,13H,9-12H2,1-2H3,(H,22,25)(H2,23,24,26). The van der Waals surface area contributed by atoms with Crippen molar-refractivity contribution in [3.8, 4) is 11.5 Å². The predicted molar refractivity (Wildman–Crippen MR) is 111 cm³/mol. The lowest BCUT2D eigenvalue weighted by atomic mass is 10.1. The Labute approximate surface area is 172 Å². The smallest absolute Gasteiger partial charge is 0.314 e. The first-order valence-corrected chi connectivity index (χ1v) is 9.59. The zero-order valence-corrected chi connectivity index (χ0v) is 17.5. The van der Waals surface area contributed by atoms with Crippen LogP contribution in [0.15, 0.2) is 46.9 Å². The maximum atomic E-state index is 12.0. The van der Waals surface area contributed by atoms with E-state index in [4.69, 9.17) is 9.47 Å². The lowest BCUT2D eigenvalue weighted by Crippen LogP contribution is -2.40. The predicted octanol–water partition coefficient (Wildman–Crippen LogP) is 2.74. The molecule has 0 spiro atoms. The number of methoxy groups -OCH3 is 2. The molecule has 0 saturated carbocycles. The SMILES string of the molecule is COc1ccc(CCNC(=O)NCCNC(=O)c2ccc(Br)cc2)c(OC)c1. The molecule has 28 heavy (non-hydrogen) atoms. The van der Waals surface area contributed by atoms with Gasteiger partial charge in [-0.3, -0.25) is 4.79 Å². The molecule has 0 aliphatic rings. The van der Waals surface area contributed by atoms with Crippen molar-refractivity contribution in [3.05, 3.63) is 58.1 Å². The van der Waals surface area contributed by atoms with Crippen LogP contribution in [0, 0.1) is 0 Å². The van der Waals surface area contributed by atoms with Gasteiger partial charge in [-0.25, -0.2) is 4.79 Å². The third-order valence-corrected chi connectivity index (χ3v) is 4.51. The van der Waals surface area contributed by atoms with E-state index in [2.05, 4.69) is 31.9 Å². The third kappa shape index (κ3) is 6.77. The monoisotopic (exact) mass is 449 g/mol. The van der Waals surface area contributed by atoms with Crippen molar-refractivity contribution >= 4 is 27.9 Å². The van der Waals surface area contributed by atoms with Gasteiger partial charge in [0.1, 0.15) is 11.5 Å². The minimum Gasteiger partial charge on any atom is -0.497 e. The van der Waals surface area contributed by atoms with Crippen LogP contribution in [0.2, 0.25) is 0 Å². The summed E-state index contributed by atoms with van der Waals surface area (Å²) in [7, 11) is 3.20. The Bertz CT molecular complexity index is 797. The molecule has 2 aromatic carbocycles. The molecular weight excluding hydrogens is 426 g/mol. The van der Waals surface area contributed by atoms with E-state index in [1.165, 1.54) is 0 Å². The van der Waals surface area contributed by atoms with E-state index in [0.29, 0.717) is 31.6 Å². The second kappa shape index (κ2) is 11.2. The first kappa shape index (κ1) is 21.6. The molecule has 0 heterocycles. The summed E-state index contributed by atoms with van der Waals surface area (Å²) in [5.74, 6) is 1.26. The molecule has 0 unspecified atom stereocenters. The van der Waals surface area contributed by atoms with E-state index in [9.17, 15) is 9.59 Å². The quantitative estimate of drug-likeness (QED) is 0.513. The highest BCUT2D eigenvalue weighted by molar-refractivity contribution is 9.10. The molecule has 0 aliphatic carbocycles. The molecule has 150 valence electrons. The molecule has 0 saturated heterocycles. The molecule has 3 N–H and O–H groups in total. The van der Waals surface area contributed by atoms with Crippen LogP contribution in [-0.4, -0.2) is 45.8 Å². The fourth-order valence-corrected chi connectivity index (χ4v) is 2.75. The van der Waals surface area contributed by atoms with Crippen LogP contribution >= 0.6 is 15.9 Å². The number of nitrogens with one attached hydrogen (secondary N) is 3. The van der Waals surface area contributed by atoms with E-state index in [1.54, 1.807) is 38.5 Å². The van der Waals surface area contributed by atoms with Gasteiger partial charge in [-0.15, -0.1) is 0 Å². The van der Waals surface area contributed by atoms with Crippen molar-refractivity contribution < 1.29 is 19.1 Å². The second-order valence-corrected chi connectivity index (χ2v) is 6.79. The summed E-state index contributed by atoms with van der Waals surface area (Å²) in [5.41, 5.74) is 1.55. The highest BCUT2D eigenvalue weighted by Crippen LogP contribution is 2.24. The number of ether oxygens (including phenoxy) is 2. The minimum atomic E-state index is -0.287. The molecular formula is C20H24BrN3O4. The van der Waals surface area contributed by atoms with Crippen LogP contribution in [-0.2, 0) is 6.42 Å². The average molecular weight is 450 g/mol. The summed E-state index contributed by atoms with van der Waals surface area (Å²) >= 11 is 3.33. The maximum absolute atomic E-state index is 12.0. The van der Waals surface area contributed by atoms with Gasteiger partial charge in [-0.2, -0.15) is 0 Å². The van der Waals surface area contributed by atoms with Crippen molar-refractivity contribution in [1.29, 1.82) is 0 Å². The first-order chi connectivity index (χ1) is 13.5. The van der Waals surface area contributed by atoms with Gasteiger partial charge in [0.05, 0.1) is 14.2 Å². The number of benzene rings is 2. The molecule has 0 radical (unpaired) electrons.